The lowest BCUT2D eigenvalue weighted by Crippen LogP contribution is -2.69. The van der Waals surface area contributed by atoms with Crippen molar-refractivity contribution in [1.29, 1.82) is 0 Å². The predicted octanol–water partition coefficient (Wildman–Crippen LogP) is 5.98. The number of hydrogen-bond acceptors (Lipinski definition) is 3. The molecule has 4 saturated carbocycles. The molecule has 3 nitrogen and oxygen atoms in total. The zero-order valence-electron chi connectivity index (χ0n) is 20.9. The Labute approximate surface area is 191 Å². The summed E-state index contributed by atoms with van der Waals surface area (Å²) in [5, 5.41) is 21.9. The molecule has 0 spiro atoms. The summed E-state index contributed by atoms with van der Waals surface area (Å²) >= 11 is 0. The molecule has 4 fully saturated rings. The summed E-state index contributed by atoms with van der Waals surface area (Å²) in [6, 6.07) is 0. The summed E-state index contributed by atoms with van der Waals surface area (Å²) in [7, 11) is 1.77. The number of rotatable bonds is 5. The molecule has 4 aliphatic carbocycles. The fraction of sp³-hybridized carbons (Fsp3) is 0.929. The minimum absolute atomic E-state index is 0.0362. The standard InChI is InChI=1S/C28H48O3/c1-18(2)8-7-9-19(3)22-10-11-23-21-16-25(30)28(31-6)17-20(29)12-15-27(28,5)24(21)13-14-26(22,23)4/h7,9,18-25,29-30H,8,10-17H2,1-6H3/t19-,20+,21+,22-,23+,24+,25-,26-,27-,28+/m1/s1. The van der Waals surface area contributed by atoms with Crippen molar-refractivity contribution in [2.24, 2.45) is 46.3 Å². The monoisotopic (exact) mass is 432 g/mol. The van der Waals surface area contributed by atoms with E-state index >= 15 is 0 Å². The second-order valence-electron chi connectivity index (χ2n) is 12.7. The molecule has 0 aromatic heterocycles. The van der Waals surface area contributed by atoms with E-state index in [4.69, 9.17) is 4.74 Å². The first-order valence-electron chi connectivity index (χ1n) is 13.2. The van der Waals surface area contributed by atoms with Crippen LogP contribution in [0.3, 0.4) is 0 Å². The summed E-state index contributed by atoms with van der Waals surface area (Å²) in [6.07, 6.45) is 13.8. The van der Waals surface area contributed by atoms with Crippen molar-refractivity contribution in [3.05, 3.63) is 12.2 Å². The van der Waals surface area contributed by atoms with Gasteiger partial charge < -0.3 is 14.9 Å². The smallest absolute Gasteiger partial charge is 0.102 e. The quantitative estimate of drug-likeness (QED) is 0.525. The topological polar surface area (TPSA) is 49.7 Å². The molecule has 0 aromatic carbocycles. The third-order valence-electron chi connectivity index (χ3n) is 10.9. The fourth-order valence-corrected chi connectivity index (χ4v) is 9.29. The van der Waals surface area contributed by atoms with Crippen LogP contribution in [-0.2, 0) is 4.74 Å². The van der Waals surface area contributed by atoms with E-state index in [0.29, 0.717) is 35.5 Å². The van der Waals surface area contributed by atoms with Gasteiger partial charge in [0.25, 0.3) is 0 Å². The van der Waals surface area contributed by atoms with Gasteiger partial charge in [-0.3, -0.25) is 0 Å². The van der Waals surface area contributed by atoms with Gasteiger partial charge in [0.2, 0.25) is 0 Å². The highest BCUT2D eigenvalue weighted by Gasteiger charge is 2.68. The number of aliphatic hydroxyl groups is 2. The summed E-state index contributed by atoms with van der Waals surface area (Å²) in [4.78, 5) is 0. The lowest BCUT2D eigenvalue weighted by atomic mass is 9.42. The molecule has 0 aromatic rings. The van der Waals surface area contributed by atoms with Crippen molar-refractivity contribution >= 4 is 0 Å². The van der Waals surface area contributed by atoms with E-state index < -0.39 is 11.7 Å². The maximum atomic E-state index is 11.5. The summed E-state index contributed by atoms with van der Waals surface area (Å²) in [5.74, 6) is 4.03. The molecule has 178 valence electrons. The van der Waals surface area contributed by atoms with Gasteiger partial charge in [0, 0.05) is 18.9 Å². The number of hydrogen-bond donors (Lipinski definition) is 2. The highest BCUT2D eigenvalue weighted by atomic mass is 16.5. The van der Waals surface area contributed by atoms with Crippen molar-refractivity contribution in [3.63, 3.8) is 0 Å². The Bertz CT molecular complexity index is 673. The van der Waals surface area contributed by atoms with E-state index in [1.807, 2.05) is 0 Å². The Morgan fingerprint density at radius 1 is 1.00 bits per heavy atom. The molecule has 0 amide bonds. The Balaban J connectivity index is 1.58. The van der Waals surface area contributed by atoms with E-state index in [9.17, 15) is 10.2 Å². The van der Waals surface area contributed by atoms with Crippen LogP contribution in [0, 0.1) is 46.3 Å². The molecule has 2 N–H and O–H groups in total. The van der Waals surface area contributed by atoms with E-state index in [1.54, 1.807) is 7.11 Å². The lowest BCUT2D eigenvalue weighted by molar-refractivity contribution is -0.275. The Kier molecular flexibility index (Phi) is 6.47. The molecule has 3 heteroatoms. The summed E-state index contributed by atoms with van der Waals surface area (Å²) in [5.41, 5.74) is -0.226. The van der Waals surface area contributed by atoms with Crippen molar-refractivity contribution < 1.29 is 14.9 Å². The number of allylic oxidation sites excluding steroid dienone is 2. The molecule has 0 unspecified atom stereocenters. The summed E-state index contributed by atoms with van der Waals surface area (Å²) in [6.45, 7) is 12.0. The van der Waals surface area contributed by atoms with E-state index in [1.165, 1.54) is 32.1 Å². The fourth-order valence-electron chi connectivity index (χ4n) is 9.29. The van der Waals surface area contributed by atoms with Gasteiger partial charge in [-0.05, 0) is 92.3 Å². The minimum Gasteiger partial charge on any atom is -0.393 e. The molecule has 4 rings (SSSR count). The van der Waals surface area contributed by atoms with Crippen LogP contribution in [0.15, 0.2) is 12.2 Å². The van der Waals surface area contributed by atoms with Gasteiger partial charge in [-0.15, -0.1) is 0 Å². The van der Waals surface area contributed by atoms with Gasteiger partial charge in [0.15, 0.2) is 0 Å². The number of ether oxygens (including phenoxy) is 1. The van der Waals surface area contributed by atoms with Crippen LogP contribution in [0.5, 0.6) is 0 Å². The first-order chi connectivity index (χ1) is 14.6. The molecular weight excluding hydrogens is 384 g/mol. The molecule has 0 heterocycles. The Morgan fingerprint density at radius 3 is 2.42 bits per heavy atom. The van der Waals surface area contributed by atoms with Crippen LogP contribution in [0.1, 0.15) is 92.4 Å². The minimum atomic E-state index is -0.579. The third-order valence-corrected chi connectivity index (χ3v) is 10.9. The largest absolute Gasteiger partial charge is 0.393 e. The Hall–Kier alpha value is -0.380. The second-order valence-corrected chi connectivity index (χ2v) is 12.7. The molecular formula is C28H48O3. The van der Waals surface area contributed by atoms with Crippen LogP contribution >= 0.6 is 0 Å². The van der Waals surface area contributed by atoms with E-state index in [2.05, 4.69) is 46.8 Å². The lowest BCUT2D eigenvalue weighted by Gasteiger charge is -2.66. The molecule has 31 heavy (non-hydrogen) atoms. The number of fused-ring (bicyclic) bond motifs is 5. The molecule has 4 aliphatic rings. The zero-order valence-corrected chi connectivity index (χ0v) is 20.9. The molecule has 10 atom stereocenters. The predicted molar refractivity (Wildman–Crippen MR) is 127 cm³/mol. The second kappa shape index (κ2) is 8.44. The molecule has 0 aliphatic heterocycles. The normalized spacial score (nSPS) is 50.9. The van der Waals surface area contributed by atoms with Crippen molar-refractivity contribution in [3.8, 4) is 0 Å². The van der Waals surface area contributed by atoms with Crippen molar-refractivity contribution in [2.45, 2.75) is 110 Å². The maximum Gasteiger partial charge on any atom is 0.102 e. The van der Waals surface area contributed by atoms with Crippen LogP contribution in [0.4, 0.5) is 0 Å². The van der Waals surface area contributed by atoms with Crippen LogP contribution in [0.25, 0.3) is 0 Å². The first-order valence-corrected chi connectivity index (χ1v) is 13.2. The van der Waals surface area contributed by atoms with E-state index in [0.717, 1.165) is 31.1 Å². The van der Waals surface area contributed by atoms with Gasteiger partial charge in [-0.25, -0.2) is 0 Å². The number of methoxy groups -OCH3 is 1. The van der Waals surface area contributed by atoms with Crippen molar-refractivity contribution in [1.82, 2.24) is 0 Å². The third kappa shape index (κ3) is 3.56. The zero-order chi connectivity index (χ0) is 22.6. The van der Waals surface area contributed by atoms with Gasteiger partial charge in [0.1, 0.15) is 5.60 Å². The molecule has 0 bridgehead atoms. The molecule has 0 saturated heterocycles. The van der Waals surface area contributed by atoms with Crippen LogP contribution < -0.4 is 0 Å². The average Bonchev–Trinajstić information content (AvgIpc) is 3.06. The maximum absolute atomic E-state index is 11.5. The Morgan fingerprint density at radius 2 is 1.74 bits per heavy atom. The van der Waals surface area contributed by atoms with Crippen molar-refractivity contribution in [2.75, 3.05) is 7.11 Å². The first kappa shape index (κ1) is 23.8. The van der Waals surface area contributed by atoms with Gasteiger partial charge >= 0.3 is 0 Å². The molecule has 0 radical (unpaired) electrons. The highest BCUT2D eigenvalue weighted by molar-refractivity contribution is 5.18. The highest BCUT2D eigenvalue weighted by Crippen LogP contribution is 2.69. The van der Waals surface area contributed by atoms with Crippen LogP contribution in [-0.4, -0.2) is 35.1 Å². The average molecular weight is 433 g/mol. The van der Waals surface area contributed by atoms with Gasteiger partial charge in [-0.2, -0.15) is 0 Å². The SMILES string of the molecule is CO[C@]12C[C@@H](O)CC[C@]1(C)[C@H]1CC[C@]3(C)[C@@H]([C@H](C)C=CCC(C)C)CC[C@H]3[C@@H]1C[C@H]2O. The van der Waals surface area contributed by atoms with Gasteiger partial charge in [-0.1, -0.05) is 46.8 Å². The van der Waals surface area contributed by atoms with Crippen LogP contribution in [0.2, 0.25) is 0 Å². The number of aliphatic hydroxyl groups excluding tert-OH is 2. The summed E-state index contributed by atoms with van der Waals surface area (Å²) < 4.78 is 6.16. The van der Waals surface area contributed by atoms with Gasteiger partial charge in [0.05, 0.1) is 12.2 Å². The van der Waals surface area contributed by atoms with E-state index in [-0.39, 0.29) is 11.5 Å².